The molecule has 0 nitrogen and oxygen atoms in total. The van der Waals surface area contributed by atoms with E-state index in [0.717, 1.165) is 47.3 Å². The van der Waals surface area contributed by atoms with Gasteiger partial charge in [0.05, 0.1) is 0 Å². The zero-order valence-corrected chi connectivity index (χ0v) is 20.8. The average Bonchev–Trinajstić information content (AvgIpc) is 3.02. The van der Waals surface area contributed by atoms with Gasteiger partial charge in [-0.15, -0.1) is 0 Å². The molecule has 4 aliphatic rings. The minimum Gasteiger partial charge on any atom is -0.0651 e. The highest BCUT2D eigenvalue weighted by molar-refractivity contribution is 5.09. The number of fused-ring (bicyclic) bond motifs is 5. The van der Waals surface area contributed by atoms with Crippen LogP contribution in [0.2, 0.25) is 0 Å². The van der Waals surface area contributed by atoms with E-state index in [-0.39, 0.29) is 0 Å². The molecule has 29 heavy (non-hydrogen) atoms. The molecule has 0 aliphatic heterocycles. The summed E-state index contributed by atoms with van der Waals surface area (Å²) in [5.74, 6) is 8.12. The SMILES string of the molecule is CCC(CCCC1CCC2C3CCC4C[C@@H](C)CC[C@]4(C)C3CC[C@]12C)C(C)C. The van der Waals surface area contributed by atoms with Crippen molar-refractivity contribution in [2.24, 2.45) is 58.2 Å². The first-order valence-corrected chi connectivity index (χ1v) is 13.8. The molecule has 0 radical (unpaired) electrons. The van der Waals surface area contributed by atoms with Crippen LogP contribution in [0.15, 0.2) is 0 Å². The van der Waals surface area contributed by atoms with Gasteiger partial charge in [-0.25, -0.2) is 0 Å². The van der Waals surface area contributed by atoms with Crippen molar-refractivity contribution < 1.29 is 0 Å². The fourth-order valence-electron chi connectivity index (χ4n) is 9.69. The topological polar surface area (TPSA) is 0 Å². The molecule has 0 amide bonds. The van der Waals surface area contributed by atoms with Gasteiger partial charge in [0.25, 0.3) is 0 Å². The summed E-state index contributed by atoms with van der Waals surface area (Å²) < 4.78 is 0. The summed E-state index contributed by atoms with van der Waals surface area (Å²) in [7, 11) is 0. The second kappa shape index (κ2) is 8.50. The van der Waals surface area contributed by atoms with Gasteiger partial charge in [0.2, 0.25) is 0 Å². The first-order chi connectivity index (χ1) is 13.8. The minimum atomic E-state index is 0.686. The average molecular weight is 401 g/mol. The summed E-state index contributed by atoms with van der Waals surface area (Å²) in [6.07, 6.45) is 19.9. The molecule has 4 aliphatic carbocycles. The van der Waals surface area contributed by atoms with Gasteiger partial charge in [0, 0.05) is 0 Å². The first-order valence-electron chi connectivity index (χ1n) is 13.8. The Kier molecular flexibility index (Phi) is 6.51. The van der Waals surface area contributed by atoms with Crippen LogP contribution >= 0.6 is 0 Å². The van der Waals surface area contributed by atoms with Gasteiger partial charge < -0.3 is 0 Å². The molecule has 4 fully saturated rings. The van der Waals surface area contributed by atoms with Crippen LogP contribution in [0.3, 0.4) is 0 Å². The van der Waals surface area contributed by atoms with Gasteiger partial charge in [-0.3, -0.25) is 0 Å². The quantitative estimate of drug-likeness (QED) is 0.417. The van der Waals surface area contributed by atoms with E-state index < -0.39 is 0 Å². The van der Waals surface area contributed by atoms with Crippen molar-refractivity contribution in [3.8, 4) is 0 Å². The highest BCUT2D eigenvalue weighted by Crippen LogP contribution is 2.68. The van der Waals surface area contributed by atoms with Crippen LogP contribution in [0, 0.1) is 58.2 Å². The number of hydrogen-bond donors (Lipinski definition) is 0. The van der Waals surface area contributed by atoms with Gasteiger partial charge >= 0.3 is 0 Å². The summed E-state index contributed by atoms with van der Waals surface area (Å²) in [6.45, 7) is 15.3. The summed E-state index contributed by atoms with van der Waals surface area (Å²) >= 11 is 0. The summed E-state index contributed by atoms with van der Waals surface area (Å²) in [5, 5.41) is 0. The summed E-state index contributed by atoms with van der Waals surface area (Å²) in [5.41, 5.74) is 1.38. The fraction of sp³-hybridized carbons (Fsp3) is 1.00. The van der Waals surface area contributed by atoms with Crippen LogP contribution in [0.4, 0.5) is 0 Å². The smallest absolute Gasteiger partial charge is 0.0266 e. The Balaban J connectivity index is 1.41. The van der Waals surface area contributed by atoms with Crippen LogP contribution in [0.1, 0.15) is 125 Å². The predicted octanol–water partition coefficient (Wildman–Crippen LogP) is 9.13. The van der Waals surface area contributed by atoms with E-state index in [1.165, 1.54) is 32.1 Å². The van der Waals surface area contributed by atoms with E-state index in [4.69, 9.17) is 0 Å². The maximum atomic E-state index is 2.75. The van der Waals surface area contributed by atoms with Crippen LogP contribution < -0.4 is 0 Å². The van der Waals surface area contributed by atoms with Crippen molar-refractivity contribution in [2.75, 3.05) is 0 Å². The molecule has 0 aromatic heterocycles. The van der Waals surface area contributed by atoms with Crippen molar-refractivity contribution in [3.63, 3.8) is 0 Å². The predicted molar refractivity (Wildman–Crippen MR) is 127 cm³/mol. The van der Waals surface area contributed by atoms with Crippen molar-refractivity contribution in [2.45, 2.75) is 125 Å². The van der Waals surface area contributed by atoms with Crippen molar-refractivity contribution >= 4 is 0 Å². The molecule has 168 valence electrons. The summed E-state index contributed by atoms with van der Waals surface area (Å²) in [6, 6.07) is 0. The molecule has 0 heterocycles. The van der Waals surface area contributed by atoms with Gasteiger partial charge in [0.15, 0.2) is 0 Å². The van der Waals surface area contributed by atoms with E-state index in [1.807, 2.05) is 0 Å². The van der Waals surface area contributed by atoms with Gasteiger partial charge in [-0.05, 0) is 116 Å². The molecule has 0 aromatic carbocycles. The molecule has 0 N–H and O–H groups in total. The molecule has 4 rings (SSSR count). The first kappa shape index (κ1) is 22.2. The van der Waals surface area contributed by atoms with Gasteiger partial charge in [0.1, 0.15) is 0 Å². The molecule has 0 saturated heterocycles. The third kappa shape index (κ3) is 3.86. The Morgan fingerprint density at radius 2 is 1.59 bits per heavy atom. The third-order valence-corrected chi connectivity index (χ3v) is 11.7. The molecule has 6 unspecified atom stereocenters. The van der Waals surface area contributed by atoms with Crippen molar-refractivity contribution in [1.82, 2.24) is 0 Å². The lowest BCUT2D eigenvalue weighted by atomic mass is 9.44. The fourth-order valence-corrected chi connectivity index (χ4v) is 9.69. The molecule has 0 bridgehead atoms. The number of rotatable bonds is 6. The third-order valence-electron chi connectivity index (χ3n) is 11.7. The highest BCUT2D eigenvalue weighted by Gasteiger charge is 2.59. The number of hydrogen-bond acceptors (Lipinski definition) is 0. The minimum absolute atomic E-state index is 0.686. The second-order valence-corrected chi connectivity index (χ2v) is 13.2. The Morgan fingerprint density at radius 3 is 2.31 bits per heavy atom. The Labute approximate surface area is 183 Å². The highest BCUT2D eigenvalue weighted by atomic mass is 14.6. The zero-order valence-electron chi connectivity index (χ0n) is 20.8. The van der Waals surface area contributed by atoms with E-state index >= 15 is 0 Å². The Morgan fingerprint density at radius 1 is 0.862 bits per heavy atom. The lowest BCUT2D eigenvalue weighted by Gasteiger charge is -2.61. The van der Waals surface area contributed by atoms with Crippen LogP contribution in [-0.4, -0.2) is 0 Å². The van der Waals surface area contributed by atoms with Gasteiger partial charge in [-0.1, -0.05) is 67.2 Å². The monoisotopic (exact) mass is 400 g/mol. The Bertz CT molecular complexity index is 548. The lowest BCUT2D eigenvalue weighted by molar-refractivity contribution is -0.117. The van der Waals surface area contributed by atoms with Crippen LogP contribution in [0.5, 0.6) is 0 Å². The van der Waals surface area contributed by atoms with Crippen LogP contribution in [0.25, 0.3) is 0 Å². The molecule has 4 saturated carbocycles. The maximum Gasteiger partial charge on any atom is -0.0266 e. The van der Waals surface area contributed by atoms with Crippen molar-refractivity contribution in [1.29, 1.82) is 0 Å². The molecular formula is C29H52. The van der Waals surface area contributed by atoms with E-state index in [2.05, 4.69) is 41.5 Å². The largest absolute Gasteiger partial charge is 0.0651 e. The Hall–Kier alpha value is 0. The van der Waals surface area contributed by atoms with Crippen LogP contribution in [-0.2, 0) is 0 Å². The van der Waals surface area contributed by atoms with Crippen molar-refractivity contribution in [3.05, 3.63) is 0 Å². The molecule has 0 spiro atoms. The summed E-state index contributed by atoms with van der Waals surface area (Å²) in [4.78, 5) is 0. The van der Waals surface area contributed by atoms with E-state index in [0.29, 0.717) is 10.8 Å². The van der Waals surface area contributed by atoms with E-state index in [9.17, 15) is 0 Å². The second-order valence-electron chi connectivity index (χ2n) is 13.2. The maximum absolute atomic E-state index is 2.75. The van der Waals surface area contributed by atoms with E-state index in [1.54, 1.807) is 51.4 Å². The molecular weight excluding hydrogens is 348 g/mol. The zero-order chi connectivity index (χ0) is 20.8. The van der Waals surface area contributed by atoms with Gasteiger partial charge in [-0.2, -0.15) is 0 Å². The molecule has 0 aromatic rings. The normalized spacial score (nSPS) is 48.1. The molecule has 9 atom stereocenters. The lowest BCUT2D eigenvalue weighted by Crippen LogP contribution is -2.53. The molecule has 0 heteroatoms. The standard InChI is InChI=1S/C29H52/c1-7-22(20(2)3)9-8-10-23-12-14-26-25-13-11-24-19-21(4)15-17-29(24,6)27(25)16-18-28(23,26)5/h20-27H,7-19H2,1-6H3/t21-,22?,23?,24?,25?,26?,27?,28+,29-/m0/s1.